The van der Waals surface area contributed by atoms with Crippen molar-refractivity contribution in [1.29, 1.82) is 0 Å². The second-order valence-corrected chi connectivity index (χ2v) is 6.14. The normalized spacial score (nSPS) is 11.8. The third kappa shape index (κ3) is 3.75. The monoisotopic (exact) mass is 305 g/mol. The molecule has 0 aliphatic rings. The molecular weight excluding hydrogens is 289 g/mol. The van der Waals surface area contributed by atoms with Crippen LogP contribution in [0.3, 0.4) is 0 Å². The first kappa shape index (κ1) is 16.5. The maximum atomic E-state index is 13.8. The van der Waals surface area contributed by atoms with Crippen LogP contribution < -0.4 is 0 Å². The smallest absolute Gasteiger partial charge is 0.335 e. The number of carboxylic acids is 1. The third-order valence-corrected chi connectivity index (χ3v) is 4.58. The lowest BCUT2D eigenvalue weighted by molar-refractivity contribution is 0.0696. The van der Waals surface area contributed by atoms with Crippen LogP contribution in [0.5, 0.6) is 0 Å². The fourth-order valence-electron chi connectivity index (χ4n) is 1.56. The first-order valence-electron chi connectivity index (χ1n) is 5.79. The van der Waals surface area contributed by atoms with Crippen LogP contribution in [0.1, 0.15) is 16.8 Å². The van der Waals surface area contributed by atoms with Crippen molar-refractivity contribution in [3.63, 3.8) is 0 Å². The molecule has 0 amide bonds. The molecule has 1 aromatic rings. The van der Waals surface area contributed by atoms with Crippen molar-refractivity contribution in [2.24, 2.45) is 0 Å². The quantitative estimate of drug-likeness (QED) is 0.765. The van der Waals surface area contributed by atoms with Crippen LogP contribution in [0, 0.1) is 5.82 Å². The Kier molecular flexibility index (Phi) is 5.61. The summed E-state index contributed by atoms with van der Waals surface area (Å²) in [6.07, 6.45) is 0.473. The van der Waals surface area contributed by atoms with Crippen LogP contribution in [0.15, 0.2) is 23.1 Å². The Balaban J connectivity index is 3.00. The van der Waals surface area contributed by atoms with Gasteiger partial charge >= 0.3 is 5.97 Å². The van der Waals surface area contributed by atoms with E-state index in [2.05, 4.69) is 0 Å². The van der Waals surface area contributed by atoms with E-state index in [9.17, 15) is 17.6 Å². The summed E-state index contributed by atoms with van der Waals surface area (Å²) in [5.41, 5.74) is -0.302. The van der Waals surface area contributed by atoms with Crippen molar-refractivity contribution >= 4 is 16.0 Å². The standard InChI is InChI=1S/C12H16FNO5S/c1-14(6-3-7-19-2)20(17,18)11-5-4-9(12(15)16)8-10(11)13/h4-5,8H,3,6-7H2,1-2H3,(H,15,16). The molecule has 0 bridgehead atoms. The summed E-state index contributed by atoms with van der Waals surface area (Å²) >= 11 is 0. The molecular formula is C12H16FNO5S. The summed E-state index contributed by atoms with van der Waals surface area (Å²) in [4.78, 5) is 10.1. The molecule has 1 N–H and O–H groups in total. The average Bonchev–Trinajstić information content (AvgIpc) is 2.38. The molecule has 0 atom stereocenters. The highest BCUT2D eigenvalue weighted by Gasteiger charge is 2.24. The molecule has 0 saturated heterocycles. The fourth-order valence-corrected chi connectivity index (χ4v) is 2.81. The van der Waals surface area contributed by atoms with E-state index in [4.69, 9.17) is 9.84 Å². The molecule has 0 spiro atoms. The van der Waals surface area contributed by atoms with Gasteiger partial charge in [-0.1, -0.05) is 0 Å². The lowest BCUT2D eigenvalue weighted by Crippen LogP contribution is -2.29. The molecule has 0 unspecified atom stereocenters. The van der Waals surface area contributed by atoms with Crippen LogP contribution in [-0.4, -0.2) is 51.1 Å². The molecule has 0 saturated carbocycles. The number of ether oxygens (including phenoxy) is 1. The largest absolute Gasteiger partial charge is 0.478 e. The van der Waals surface area contributed by atoms with Crippen LogP contribution in [0.4, 0.5) is 4.39 Å². The Hall–Kier alpha value is -1.51. The maximum absolute atomic E-state index is 13.8. The van der Waals surface area contributed by atoms with Crippen LogP contribution in [0.25, 0.3) is 0 Å². The van der Waals surface area contributed by atoms with Gasteiger partial charge in [0.2, 0.25) is 10.0 Å². The molecule has 0 aromatic heterocycles. The predicted molar refractivity (Wildman–Crippen MR) is 69.7 cm³/mol. The lowest BCUT2D eigenvalue weighted by atomic mass is 10.2. The average molecular weight is 305 g/mol. The zero-order valence-electron chi connectivity index (χ0n) is 11.2. The minimum atomic E-state index is -3.98. The molecule has 112 valence electrons. The van der Waals surface area contributed by atoms with Gasteiger partial charge in [-0.25, -0.2) is 21.9 Å². The van der Waals surface area contributed by atoms with E-state index in [1.165, 1.54) is 14.2 Å². The number of methoxy groups -OCH3 is 1. The van der Waals surface area contributed by atoms with Crippen molar-refractivity contribution in [3.05, 3.63) is 29.6 Å². The number of rotatable bonds is 7. The summed E-state index contributed by atoms with van der Waals surface area (Å²) in [6.45, 7) is 0.566. The van der Waals surface area contributed by atoms with Gasteiger partial charge in [0.25, 0.3) is 0 Å². The van der Waals surface area contributed by atoms with Gasteiger partial charge in [0.1, 0.15) is 10.7 Å². The maximum Gasteiger partial charge on any atom is 0.335 e. The summed E-state index contributed by atoms with van der Waals surface area (Å²) in [5.74, 6) is -2.40. The fraction of sp³-hybridized carbons (Fsp3) is 0.417. The molecule has 0 aliphatic heterocycles. The summed E-state index contributed by atoms with van der Waals surface area (Å²) in [6, 6.07) is 2.71. The minimum Gasteiger partial charge on any atom is -0.478 e. The molecule has 1 aromatic carbocycles. The number of aromatic carboxylic acids is 1. The van der Waals surface area contributed by atoms with E-state index in [1.807, 2.05) is 0 Å². The predicted octanol–water partition coefficient (Wildman–Crippen LogP) is 1.18. The number of sulfonamides is 1. The Bertz CT molecular complexity index is 588. The van der Waals surface area contributed by atoms with Crippen molar-refractivity contribution < 1.29 is 27.4 Å². The SMILES string of the molecule is COCCCN(C)S(=O)(=O)c1ccc(C(=O)O)cc1F. The first-order valence-corrected chi connectivity index (χ1v) is 7.23. The summed E-state index contributed by atoms with van der Waals surface area (Å²) < 4.78 is 43.8. The van der Waals surface area contributed by atoms with Gasteiger partial charge in [0.15, 0.2) is 0 Å². The Labute approximate surface area is 116 Å². The number of halogens is 1. The second-order valence-electron chi connectivity index (χ2n) is 4.12. The van der Waals surface area contributed by atoms with E-state index in [0.717, 1.165) is 16.4 Å². The van der Waals surface area contributed by atoms with Gasteiger partial charge in [0, 0.05) is 27.3 Å². The van der Waals surface area contributed by atoms with Gasteiger partial charge in [-0.2, -0.15) is 0 Å². The van der Waals surface area contributed by atoms with E-state index in [1.54, 1.807) is 0 Å². The molecule has 0 heterocycles. The van der Waals surface area contributed by atoms with Crippen molar-refractivity contribution in [2.45, 2.75) is 11.3 Å². The van der Waals surface area contributed by atoms with Crippen LogP contribution in [0.2, 0.25) is 0 Å². The Morgan fingerprint density at radius 3 is 2.60 bits per heavy atom. The Morgan fingerprint density at radius 2 is 2.10 bits per heavy atom. The number of hydrogen-bond donors (Lipinski definition) is 1. The number of hydrogen-bond acceptors (Lipinski definition) is 4. The zero-order valence-corrected chi connectivity index (χ0v) is 12.0. The van der Waals surface area contributed by atoms with Crippen LogP contribution >= 0.6 is 0 Å². The van der Waals surface area contributed by atoms with Crippen molar-refractivity contribution in [3.8, 4) is 0 Å². The number of nitrogens with zero attached hydrogens (tertiary/aromatic N) is 1. The highest BCUT2D eigenvalue weighted by Crippen LogP contribution is 2.19. The zero-order chi connectivity index (χ0) is 15.3. The van der Waals surface area contributed by atoms with Gasteiger partial charge in [-0.3, -0.25) is 0 Å². The van der Waals surface area contributed by atoms with Gasteiger partial charge in [0.05, 0.1) is 5.56 Å². The van der Waals surface area contributed by atoms with Gasteiger partial charge in [-0.15, -0.1) is 0 Å². The van der Waals surface area contributed by atoms with E-state index in [-0.39, 0.29) is 12.1 Å². The van der Waals surface area contributed by atoms with E-state index < -0.39 is 26.7 Å². The van der Waals surface area contributed by atoms with E-state index >= 15 is 0 Å². The summed E-state index contributed by atoms with van der Waals surface area (Å²) in [7, 11) is -1.16. The molecule has 1 rings (SSSR count). The molecule has 0 aliphatic carbocycles. The minimum absolute atomic E-state index is 0.177. The molecule has 8 heteroatoms. The summed E-state index contributed by atoms with van der Waals surface area (Å²) in [5, 5.41) is 8.72. The third-order valence-electron chi connectivity index (χ3n) is 2.69. The van der Waals surface area contributed by atoms with Crippen molar-refractivity contribution in [2.75, 3.05) is 27.3 Å². The number of carboxylic acid groups (broad SMARTS) is 1. The van der Waals surface area contributed by atoms with E-state index in [0.29, 0.717) is 19.1 Å². The highest BCUT2D eigenvalue weighted by atomic mass is 32.2. The number of benzene rings is 1. The van der Waals surface area contributed by atoms with Crippen molar-refractivity contribution in [1.82, 2.24) is 4.31 Å². The highest BCUT2D eigenvalue weighted by molar-refractivity contribution is 7.89. The lowest BCUT2D eigenvalue weighted by Gasteiger charge is -2.17. The molecule has 20 heavy (non-hydrogen) atoms. The van der Waals surface area contributed by atoms with Gasteiger partial charge in [-0.05, 0) is 24.6 Å². The topological polar surface area (TPSA) is 83.9 Å². The molecule has 6 nitrogen and oxygen atoms in total. The first-order chi connectivity index (χ1) is 9.30. The number of carbonyl (C=O) groups is 1. The second kappa shape index (κ2) is 6.78. The molecule has 0 fully saturated rings. The Morgan fingerprint density at radius 1 is 1.45 bits per heavy atom. The van der Waals surface area contributed by atoms with Crippen LogP contribution in [-0.2, 0) is 14.8 Å². The van der Waals surface area contributed by atoms with Gasteiger partial charge < -0.3 is 9.84 Å². The molecule has 0 radical (unpaired) electrons.